The van der Waals surface area contributed by atoms with Crippen molar-refractivity contribution in [2.45, 2.75) is 6.54 Å². The predicted octanol–water partition coefficient (Wildman–Crippen LogP) is 2.17. The van der Waals surface area contributed by atoms with Gasteiger partial charge in [0.25, 0.3) is 0 Å². The highest BCUT2D eigenvalue weighted by molar-refractivity contribution is 5.69. The van der Waals surface area contributed by atoms with Gasteiger partial charge < -0.3 is 10.6 Å². The van der Waals surface area contributed by atoms with Crippen LogP contribution in [0.25, 0.3) is 0 Å². The van der Waals surface area contributed by atoms with Crippen LogP contribution in [-0.2, 0) is 6.54 Å². The Balaban J connectivity index is 2.19. The van der Waals surface area contributed by atoms with Crippen LogP contribution in [0.3, 0.4) is 0 Å². The highest BCUT2D eigenvalue weighted by Crippen LogP contribution is 2.24. The summed E-state index contributed by atoms with van der Waals surface area (Å²) in [7, 11) is 1.97. The molecule has 2 aromatic rings. The van der Waals surface area contributed by atoms with Crippen molar-refractivity contribution in [2.24, 2.45) is 0 Å². The Kier molecular flexibility index (Phi) is 3.44. The third-order valence-electron chi connectivity index (χ3n) is 2.74. The maximum atomic E-state index is 8.80. The fourth-order valence-electron chi connectivity index (χ4n) is 1.82. The molecule has 2 N–H and O–H groups in total. The van der Waals surface area contributed by atoms with Crippen molar-refractivity contribution in [1.82, 2.24) is 4.98 Å². The summed E-state index contributed by atoms with van der Waals surface area (Å²) in [4.78, 5) is 6.03. The molecular weight excluding hydrogens is 224 g/mol. The summed E-state index contributed by atoms with van der Waals surface area (Å²) in [5.41, 5.74) is 9.23. The second kappa shape index (κ2) is 5.19. The van der Waals surface area contributed by atoms with E-state index in [1.165, 1.54) is 0 Å². The normalized spacial score (nSPS) is 9.78. The molecule has 0 radical (unpaired) electrons. The van der Waals surface area contributed by atoms with Crippen LogP contribution in [0, 0.1) is 11.3 Å². The number of aromatic nitrogens is 1. The number of pyridine rings is 1. The number of anilines is 2. The van der Waals surface area contributed by atoms with Crippen molar-refractivity contribution in [3.8, 4) is 6.07 Å². The van der Waals surface area contributed by atoms with Crippen molar-refractivity contribution in [1.29, 1.82) is 5.26 Å². The first-order valence-electron chi connectivity index (χ1n) is 5.60. The van der Waals surface area contributed by atoms with Gasteiger partial charge in [0.2, 0.25) is 0 Å². The van der Waals surface area contributed by atoms with E-state index in [0.717, 1.165) is 17.8 Å². The molecule has 2 rings (SSSR count). The number of benzene rings is 1. The number of nitriles is 1. The molecule has 0 bridgehead atoms. The van der Waals surface area contributed by atoms with E-state index in [2.05, 4.69) is 11.1 Å². The molecule has 0 saturated carbocycles. The zero-order valence-corrected chi connectivity index (χ0v) is 10.2. The van der Waals surface area contributed by atoms with E-state index in [9.17, 15) is 0 Å². The van der Waals surface area contributed by atoms with E-state index in [-0.39, 0.29) is 0 Å². The highest BCUT2D eigenvalue weighted by Gasteiger charge is 2.06. The summed E-state index contributed by atoms with van der Waals surface area (Å²) in [5.74, 6) is 0. The van der Waals surface area contributed by atoms with Gasteiger partial charge in [-0.05, 0) is 35.9 Å². The van der Waals surface area contributed by atoms with E-state index in [4.69, 9.17) is 11.0 Å². The van der Waals surface area contributed by atoms with Crippen LogP contribution in [0.2, 0.25) is 0 Å². The third-order valence-corrected chi connectivity index (χ3v) is 2.74. The van der Waals surface area contributed by atoms with Gasteiger partial charge in [-0.25, -0.2) is 0 Å². The van der Waals surface area contributed by atoms with Crippen molar-refractivity contribution in [2.75, 3.05) is 17.7 Å². The van der Waals surface area contributed by atoms with Crippen LogP contribution in [0.5, 0.6) is 0 Å². The minimum absolute atomic E-state index is 0.577. The molecule has 4 heteroatoms. The fraction of sp³-hybridized carbons (Fsp3) is 0.143. The zero-order chi connectivity index (χ0) is 13.0. The lowest BCUT2D eigenvalue weighted by molar-refractivity contribution is 0.921. The molecule has 4 nitrogen and oxygen atoms in total. The van der Waals surface area contributed by atoms with Gasteiger partial charge in [-0.15, -0.1) is 0 Å². The van der Waals surface area contributed by atoms with Crippen LogP contribution < -0.4 is 10.6 Å². The quantitative estimate of drug-likeness (QED) is 0.832. The Hall–Kier alpha value is -2.54. The predicted molar refractivity (Wildman–Crippen MR) is 71.9 cm³/mol. The smallest absolute Gasteiger partial charge is 0.0992 e. The van der Waals surface area contributed by atoms with E-state index in [0.29, 0.717) is 11.3 Å². The van der Waals surface area contributed by atoms with E-state index >= 15 is 0 Å². The molecule has 0 spiro atoms. The Morgan fingerprint density at radius 2 is 2.00 bits per heavy atom. The summed E-state index contributed by atoms with van der Waals surface area (Å²) >= 11 is 0. The molecule has 18 heavy (non-hydrogen) atoms. The minimum Gasteiger partial charge on any atom is -0.397 e. The minimum atomic E-state index is 0.577. The summed E-state index contributed by atoms with van der Waals surface area (Å²) in [5, 5.41) is 8.80. The van der Waals surface area contributed by atoms with Crippen molar-refractivity contribution >= 4 is 11.4 Å². The molecule has 1 aromatic heterocycles. The summed E-state index contributed by atoms with van der Waals surface area (Å²) in [6.07, 6.45) is 3.54. The first-order chi connectivity index (χ1) is 8.70. The van der Waals surface area contributed by atoms with Crippen molar-refractivity contribution in [3.63, 3.8) is 0 Å². The second-order valence-corrected chi connectivity index (χ2v) is 4.10. The average molecular weight is 238 g/mol. The largest absolute Gasteiger partial charge is 0.397 e. The lowest BCUT2D eigenvalue weighted by Gasteiger charge is -2.21. The molecule has 0 saturated heterocycles. The SMILES string of the molecule is CN(Cc1ccncc1)c1ccc(C#N)cc1N. The molecule has 1 heterocycles. The van der Waals surface area contributed by atoms with Crippen LogP contribution in [0.15, 0.2) is 42.7 Å². The Labute approximate surface area is 106 Å². The van der Waals surface area contributed by atoms with Gasteiger partial charge in [0.1, 0.15) is 0 Å². The molecule has 0 aliphatic carbocycles. The van der Waals surface area contributed by atoms with Gasteiger partial charge in [-0.2, -0.15) is 5.26 Å². The Morgan fingerprint density at radius 3 is 2.61 bits per heavy atom. The van der Waals surface area contributed by atoms with E-state index in [1.54, 1.807) is 24.5 Å². The van der Waals surface area contributed by atoms with Gasteiger partial charge in [-0.3, -0.25) is 4.98 Å². The van der Waals surface area contributed by atoms with E-state index < -0.39 is 0 Å². The first-order valence-corrected chi connectivity index (χ1v) is 5.60. The maximum Gasteiger partial charge on any atom is 0.0992 e. The highest BCUT2D eigenvalue weighted by atomic mass is 15.1. The third kappa shape index (κ3) is 2.58. The Bertz CT molecular complexity index is 572. The van der Waals surface area contributed by atoms with Gasteiger partial charge in [-0.1, -0.05) is 0 Å². The lowest BCUT2D eigenvalue weighted by Crippen LogP contribution is -2.17. The monoisotopic (exact) mass is 238 g/mol. The number of nitrogens with zero attached hydrogens (tertiary/aromatic N) is 3. The number of nitrogens with two attached hydrogens (primary N) is 1. The molecule has 1 aromatic carbocycles. The number of rotatable bonds is 3. The van der Waals surface area contributed by atoms with E-state index in [1.807, 2.05) is 30.1 Å². The van der Waals surface area contributed by atoms with Crippen LogP contribution in [0.1, 0.15) is 11.1 Å². The molecule has 0 atom stereocenters. The maximum absolute atomic E-state index is 8.80. The lowest BCUT2D eigenvalue weighted by atomic mass is 10.1. The summed E-state index contributed by atoms with van der Waals surface area (Å²) in [6, 6.07) is 11.3. The fourth-order valence-corrected chi connectivity index (χ4v) is 1.82. The zero-order valence-electron chi connectivity index (χ0n) is 10.2. The van der Waals surface area contributed by atoms with Gasteiger partial charge in [0.15, 0.2) is 0 Å². The molecule has 0 aliphatic rings. The number of nitrogen functional groups attached to an aromatic ring is 1. The number of hydrogen-bond donors (Lipinski definition) is 1. The molecule has 0 amide bonds. The standard InChI is InChI=1S/C14H14N4/c1-18(10-11-4-6-17-7-5-11)14-3-2-12(9-15)8-13(14)16/h2-8H,10,16H2,1H3. The van der Waals surface area contributed by atoms with Crippen LogP contribution in [-0.4, -0.2) is 12.0 Å². The van der Waals surface area contributed by atoms with Gasteiger partial charge in [0.05, 0.1) is 23.0 Å². The molecule has 0 fully saturated rings. The topological polar surface area (TPSA) is 65.9 Å². The molecule has 90 valence electrons. The molecule has 0 unspecified atom stereocenters. The van der Waals surface area contributed by atoms with Crippen LogP contribution >= 0.6 is 0 Å². The van der Waals surface area contributed by atoms with Crippen molar-refractivity contribution < 1.29 is 0 Å². The molecular formula is C14H14N4. The Morgan fingerprint density at radius 1 is 1.28 bits per heavy atom. The average Bonchev–Trinajstić information content (AvgIpc) is 2.39. The van der Waals surface area contributed by atoms with Gasteiger partial charge in [0, 0.05) is 26.0 Å². The number of hydrogen-bond acceptors (Lipinski definition) is 4. The summed E-state index contributed by atoms with van der Waals surface area (Å²) in [6.45, 7) is 0.749. The first kappa shape index (κ1) is 11.9. The van der Waals surface area contributed by atoms with Crippen molar-refractivity contribution in [3.05, 3.63) is 53.9 Å². The second-order valence-electron chi connectivity index (χ2n) is 4.10. The summed E-state index contributed by atoms with van der Waals surface area (Å²) < 4.78 is 0. The van der Waals surface area contributed by atoms with Gasteiger partial charge >= 0.3 is 0 Å². The van der Waals surface area contributed by atoms with Crippen LogP contribution in [0.4, 0.5) is 11.4 Å². The molecule has 0 aliphatic heterocycles.